The maximum Gasteiger partial charge on any atom is 0.425 e. The molecule has 5 heterocycles. The van der Waals surface area contributed by atoms with Crippen molar-refractivity contribution in [1.82, 2.24) is 4.31 Å². The second-order valence-corrected chi connectivity index (χ2v) is 28.7. The molecule has 25 atom stereocenters. The number of carbonyl (C=O) groups excluding carboxylic acids is 1. The third kappa shape index (κ3) is 24.0. The predicted molar refractivity (Wildman–Crippen MR) is 320 cm³/mol. The lowest BCUT2D eigenvalue weighted by Crippen LogP contribution is -2.70. The summed E-state index contributed by atoms with van der Waals surface area (Å²) in [5, 5.41) is 21.6. The van der Waals surface area contributed by atoms with Gasteiger partial charge in [-0.15, -0.1) is 0 Å². The fraction of sp³-hybridized carbons (Fsp3) is 0.816. The fourth-order valence-corrected chi connectivity index (χ4v) is 14.4. The molecule has 0 bridgehead atoms. The van der Waals surface area contributed by atoms with Crippen LogP contribution in [0.5, 0.6) is 0 Å². The molecule has 1 amide bonds. The summed E-state index contributed by atoms with van der Waals surface area (Å²) in [6.45, 7) is -4.89. The van der Waals surface area contributed by atoms with Crippen LogP contribution < -0.4 is 0 Å². The fourth-order valence-electron chi connectivity index (χ4n) is 11.8. The summed E-state index contributed by atoms with van der Waals surface area (Å²) in [7, 11) is -25.5. The molecule has 0 saturated carbocycles. The summed E-state index contributed by atoms with van der Waals surface area (Å²) in [6, 6.07) is 7.81. The molecule has 5 aliphatic heterocycles. The molecule has 5 fully saturated rings. The first-order valence-electron chi connectivity index (χ1n) is 29.2. The van der Waals surface area contributed by atoms with Crippen LogP contribution in [-0.4, -0.2) is 354 Å². The molecule has 0 spiro atoms. The number of carboxylic acids is 2. The summed E-state index contributed by atoms with van der Waals surface area (Å²) >= 11 is 0. The molecule has 5 saturated heterocycles. The summed E-state index contributed by atoms with van der Waals surface area (Å²) in [5.74, 6) is -4.11. The highest BCUT2D eigenvalue weighted by molar-refractivity contribution is 7.84. The Labute approximate surface area is 588 Å². The van der Waals surface area contributed by atoms with E-state index in [0.29, 0.717) is 5.56 Å². The highest BCUT2D eigenvalue weighted by atomic mass is 32.3. The minimum absolute atomic E-state index is 0.130. The zero-order valence-electron chi connectivity index (χ0n) is 55.0. The van der Waals surface area contributed by atoms with Gasteiger partial charge in [-0.1, -0.05) is 30.3 Å². The largest absolute Gasteiger partial charge is 0.479 e. The van der Waals surface area contributed by atoms with E-state index < -0.39 is 273 Å². The Bertz CT molecular complexity index is 3640. The smallest absolute Gasteiger partial charge is 0.425 e. The van der Waals surface area contributed by atoms with E-state index in [4.69, 9.17) is 103 Å². The quantitative estimate of drug-likeness (QED) is 0.0288. The van der Waals surface area contributed by atoms with Crippen LogP contribution in [0.15, 0.2) is 30.3 Å². The van der Waals surface area contributed by atoms with Crippen molar-refractivity contribution in [3.63, 3.8) is 0 Å². The lowest BCUT2D eigenvalue weighted by Gasteiger charge is -2.51. The molecule has 5 aliphatic rings. The van der Waals surface area contributed by atoms with Gasteiger partial charge in [-0.3, -0.25) is 27.3 Å². The van der Waals surface area contributed by atoms with Crippen LogP contribution in [0.2, 0.25) is 0 Å². The normalized spacial score (nSPS) is 35.1. The average Bonchev–Trinajstić information content (AvgIpc) is 0.759. The molecule has 0 unspecified atom stereocenters. The van der Waals surface area contributed by atoms with Crippen molar-refractivity contribution in [2.75, 3.05) is 90.4 Å². The van der Waals surface area contributed by atoms with Gasteiger partial charge in [-0.2, -0.15) is 54.8 Å². The SMILES string of the molecule is COC[C@H]1O[C@@H](CCN(C(=O)OCc2ccccc2)S(=O)(=O)O)[C@H](OC)[C@@H](OS(=O)(=O)O)[C@@H]1O[C@@H]1O[C@@H](C(=O)O)[C@@H](O[C@H]2O[C@H](COS(=O)(=O)O)[C@@H](O[C@@H]3O[C@H](C(=O)O)[C@@H](O[C@H]4O[C@H](COS(=O)(=O)O)[C@@H](OC)[C@H](OC)[C@H]4OC)[C@H](OC)[C@H]3OC)[C@H](OS(=O)(=O)O)[C@H]2OS(=O)(=O)O)[C@H](OC)[C@H]1OC. The van der Waals surface area contributed by atoms with E-state index in [1.54, 1.807) is 18.2 Å². The van der Waals surface area contributed by atoms with Crippen LogP contribution in [0.3, 0.4) is 0 Å². The van der Waals surface area contributed by atoms with Crippen LogP contribution >= 0.6 is 0 Å². The number of rotatable bonds is 38. The highest BCUT2D eigenvalue weighted by Gasteiger charge is 2.62. The molecule has 1 aromatic carbocycles. The molecule has 6 rings (SSSR count). The van der Waals surface area contributed by atoms with Gasteiger partial charge in [0.25, 0.3) is 0 Å². The number of aliphatic carboxylic acids is 2. The van der Waals surface area contributed by atoms with E-state index >= 15 is 0 Å². The van der Waals surface area contributed by atoms with E-state index in [0.717, 1.165) is 64.0 Å². The molecule has 48 nitrogen and oxygen atoms in total. The van der Waals surface area contributed by atoms with Gasteiger partial charge < -0.3 is 100 Å². The minimum Gasteiger partial charge on any atom is -0.479 e. The molecule has 0 aromatic heterocycles. The van der Waals surface area contributed by atoms with E-state index in [2.05, 4.69) is 8.37 Å². The Balaban J connectivity index is 1.38. The summed E-state index contributed by atoms with van der Waals surface area (Å²) < 4.78 is 342. The average molecular weight is 1620 g/mol. The van der Waals surface area contributed by atoms with Gasteiger partial charge in [0, 0.05) is 70.5 Å². The van der Waals surface area contributed by atoms with Crippen molar-refractivity contribution >= 4 is 80.3 Å². The summed E-state index contributed by atoms with van der Waals surface area (Å²) in [6.07, 6.45) is -56.4. The van der Waals surface area contributed by atoms with Crippen LogP contribution in [0.1, 0.15) is 12.0 Å². The lowest BCUT2D eigenvalue weighted by atomic mass is 9.92. The third-order valence-electron chi connectivity index (χ3n) is 15.8. The Hall–Kier alpha value is -4.03. The number of hydrogen-bond donors (Lipinski definition) is 8. The van der Waals surface area contributed by atoms with Crippen LogP contribution in [0.4, 0.5) is 4.79 Å². The van der Waals surface area contributed by atoms with Crippen molar-refractivity contribution in [1.29, 1.82) is 0 Å². The van der Waals surface area contributed by atoms with E-state index in [-0.39, 0.29) is 4.31 Å². The Morgan fingerprint density at radius 3 is 1.10 bits per heavy atom. The van der Waals surface area contributed by atoms with Crippen LogP contribution in [0, 0.1) is 0 Å². The second-order valence-electron chi connectivity index (χ2n) is 22.1. The van der Waals surface area contributed by atoms with Gasteiger partial charge >= 0.3 is 80.3 Å². The van der Waals surface area contributed by atoms with E-state index in [1.807, 2.05) is 0 Å². The van der Waals surface area contributed by atoms with Crippen molar-refractivity contribution in [3.8, 4) is 0 Å². The maximum atomic E-state index is 13.5. The first-order chi connectivity index (χ1) is 48.0. The van der Waals surface area contributed by atoms with Gasteiger partial charge in [0.15, 0.2) is 43.5 Å². The zero-order chi connectivity index (χ0) is 77.1. The maximum absolute atomic E-state index is 13.5. The number of amides is 1. The Morgan fingerprint density at radius 2 is 0.728 bits per heavy atom. The van der Waals surface area contributed by atoms with E-state index in [9.17, 15) is 102 Å². The monoisotopic (exact) mass is 1620 g/mol. The molecule has 103 heavy (non-hydrogen) atoms. The van der Waals surface area contributed by atoms with Gasteiger partial charge in [0.2, 0.25) is 0 Å². The summed E-state index contributed by atoms with van der Waals surface area (Å²) in [4.78, 5) is 40.0. The molecular formula is C49H77NO47S6. The van der Waals surface area contributed by atoms with Crippen molar-refractivity contribution in [2.45, 2.75) is 166 Å². The number of carbonyl (C=O) groups is 3. The molecule has 54 heteroatoms. The number of benzene rings is 1. The van der Waals surface area contributed by atoms with Gasteiger partial charge in [-0.25, -0.2) is 35.3 Å². The molecule has 1 aromatic rings. The lowest BCUT2D eigenvalue weighted by molar-refractivity contribution is -0.387. The number of hydrogen-bond acceptors (Lipinski definition) is 39. The Kier molecular flexibility index (Phi) is 31.9. The van der Waals surface area contributed by atoms with Crippen LogP contribution in [0.25, 0.3) is 0 Å². The molecule has 596 valence electrons. The van der Waals surface area contributed by atoms with Crippen LogP contribution in [-0.2, 0) is 189 Å². The van der Waals surface area contributed by atoms with Gasteiger partial charge in [-0.05, 0) is 12.0 Å². The van der Waals surface area contributed by atoms with Crippen molar-refractivity contribution in [2.24, 2.45) is 0 Å². The Morgan fingerprint density at radius 1 is 0.388 bits per heavy atom. The molecule has 0 aliphatic carbocycles. The first-order valence-corrected chi connectivity index (χ1v) is 37.4. The predicted octanol–water partition coefficient (Wildman–Crippen LogP) is -4.84. The number of ether oxygens (including phenoxy) is 19. The number of methoxy groups -OCH3 is 9. The third-order valence-corrected chi connectivity index (χ3v) is 19.0. The van der Waals surface area contributed by atoms with Gasteiger partial charge in [0.1, 0.15) is 110 Å². The summed E-state index contributed by atoms with van der Waals surface area (Å²) in [5.41, 5.74) is 0.389. The molecular weight excluding hydrogens is 1550 g/mol. The molecule has 8 N–H and O–H groups in total. The number of carboxylic acid groups (broad SMARTS) is 2. The molecule has 0 radical (unpaired) electrons. The van der Waals surface area contributed by atoms with Crippen molar-refractivity contribution < 1.29 is 213 Å². The first kappa shape index (κ1) is 87.9. The highest BCUT2D eigenvalue weighted by Crippen LogP contribution is 2.41. The zero-order valence-corrected chi connectivity index (χ0v) is 59.9. The van der Waals surface area contributed by atoms with Crippen molar-refractivity contribution in [3.05, 3.63) is 35.9 Å². The minimum atomic E-state index is -6.16. The van der Waals surface area contributed by atoms with Gasteiger partial charge in [0.05, 0.1) is 25.9 Å². The number of nitrogens with zero attached hydrogens (tertiary/aromatic N) is 1. The second kappa shape index (κ2) is 37.4. The van der Waals surface area contributed by atoms with E-state index in [1.165, 1.54) is 12.1 Å². The topological polar surface area (TPSA) is 643 Å². The standard InChI is InChI=1S/C49H77NO47S6/c1-74-18-23-28(35(95-101(65,66)67)26(75-2)22(86-23)15-16-50(98(56,57)58)49(55)83-17-21-13-11-10-12-14-21)89-46-41(82-9)32(79-6)34(38(94-46)44(53)54)92-48-42(97-103(71,72)73)36(96-102(68,69)70)29(25(88-48)20-85-100(62,63)64)90-47-40(81-8)31(78-5)33(37(93-47)43(51)52)91-45-39(80-7)30(77-4)27(76-3)24(87-45)19-84-99(59,60)61/h10-14,22-42,45-48H,15-20H2,1-9H3,(H,51,52)(H,53,54)(H,56,57,58)(H,59,60,61)(H,62,63,64)(H,65,66,67)(H,68,69,70)(H,71,72,73)/t22-,23+,24+,25+,26-,27+,28+,29+,30-,31-,32-,33-,34-,35+,36-,37-,38+,39+,40+,41+,42+,45+,46+,47+,48+/m0/s1.